The second kappa shape index (κ2) is 9.81. The molecule has 0 saturated heterocycles. The fourth-order valence-electron chi connectivity index (χ4n) is 3.20. The molecular weight excluding hydrogens is 434 g/mol. The van der Waals surface area contributed by atoms with Gasteiger partial charge in [0.25, 0.3) is 0 Å². The van der Waals surface area contributed by atoms with Crippen LogP contribution in [0, 0.1) is 23.3 Å². The lowest BCUT2D eigenvalue weighted by atomic mass is 10.00. The number of halogens is 6. The maximum Gasteiger partial charge on any atom is 0.329 e. The average molecular weight is 454 g/mol. The molecule has 3 aromatic rings. The molecule has 0 amide bonds. The van der Waals surface area contributed by atoms with Crippen molar-refractivity contribution in [3.63, 3.8) is 0 Å². The van der Waals surface area contributed by atoms with Crippen molar-refractivity contribution in [3.05, 3.63) is 89.0 Å². The Morgan fingerprint density at radius 1 is 0.710 bits per heavy atom. The van der Waals surface area contributed by atoms with E-state index >= 15 is 0 Å². The highest BCUT2D eigenvalue weighted by molar-refractivity contribution is 8.00. The van der Waals surface area contributed by atoms with Gasteiger partial charge in [-0.1, -0.05) is 44.0 Å². The van der Waals surface area contributed by atoms with Gasteiger partial charge in [0, 0.05) is 4.90 Å². The Hall–Kier alpha value is -2.41. The first-order valence-corrected chi connectivity index (χ1v) is 10.6. The fourth-order valence-corrected chi connectivity index (χ4v) is 4.09. The van der Waals surface area contributed by atoms with Crippen LogP contribution in [0.2, 0.25) is 0 Å². The third-order valence-electron chi connectivity index (χ3n) is 4.83. The van der Waals surface area contributed by atoms with E-state index in [0.29, 0.717) is 17.7 Å². The molecule has 0 saturated carbocycles. The van der Waals surface area contributed by atoms with Crippen LogP contribution in [0.4, 0.5) is 26.3 Å². The Morgan fingerprint density at radius 3 is 1.94 bits per heavy atom. The van der Waals surface area contributed by atoms with Crippen LogP contribution in [-0.2, 0) is 11.7 Å². The second-order valence-corrected chi connectivity index (χ2v) is 8.35. The highest BCUT2D eigenvalue weighted by atomic mass is 32.2. The molecule has 0 fully saturated rings. The summed E-state index contributed by atoms with van der Waals surface area (Å²) in [5, 5.41) is -4.03. The molecule has 0 spiro atoms. The van der Waals surface area contributed by atoms with Gasteiger partial charge in [-0.2, -0.15) is 8.78 Å². The van der Waals surface area contributed by atoms with E-state index in [2.05, 4.69) is 6.92 Å². The second-order valence-electron chi connectivity index (χ2n) is 7.16. The monoisotopic (exact) mass is 454 g/mol. The molecule has 0 radical (unpaired) electrons. The minimum atomic E-state index is -4.03. The van der Waals surface area contributed by atoms with Gasteiger partial charge >= 0.3 is 5.25 Å². The number of hydrogen-bond acceptors (Lipinski definition) is 1. The van der Waals surface area contributed by atoms with Crippen LogP contribution in [0.15, 0.2) is 59.5 Å². The highest BCUT2D eigenvalue weighted by Crippen LogP contribution is 2.47. The van der Waals surface area contributed by atoms with Crippen LogP contribution >= 0.6 is 11.8 Å². The minimum Gasteiger partial charge on any atom is -0.206 e. The maximum absolute atomic E-state index is 14.6. The number of alkyl halides is 2. The van der Waals surface area contributed by atoms with Gasteiger partial charge in [-0.05, 0) is 71.6 Å². The summed E-state index contributed by atoms with van der Waals surface area (Å²) in [6.07, 6.45) is 4.14. The maximum atomic E-state index is 14.6. The third kappa shape index (κ3) is 5.64. The van der Waals surface area contributed by atoms with Crippen molar-refractivity contribution in [2.75, 3.05) is 0 Å². The van der Waals surface area contributed by atoms with Crippen LogP contribution in [0.3, 0.4) is 0 Å². The van der Waals surface area contributed by atoms with E-state index in [4.69, 9.17) is 0 Å². The largest absolute Gasteiger partial charge is 0.329 e. The summed E-state index contributed by atoms with van der Waals surface area (Å²) in [6.45, 7) is 2.11. The smallest absolute Gasteiger partial charge is 0.206 e. The van der Waals surface area contributed by atoms with E-state index in [9.17, 15) is 26.3 Å². The van der Waals surface area contributed by atoms with Gasteiger partial charge in [0.1, 0.15) is 17.2 Å². The van der Waals surface area contributed by atoms with Crippen molar-refractivity contribution in [3.8, 4) is 11.1 Å². The van der Waals surface area contributed by atoms with E-state index in [0.717, 1.165) is 49.4 Å². The first kappa shape index (κ1) is 23.3. The lowest BCUT2D eigenvalue weighted by Gasteiger charge is -2.18. The summed E-state index contributed by atoms with van der Waals surface area (Å²) in [5.41, 5.74) is 0.291. The number of thioether (sulfide) groups is 1. The van der Waals surface area contributed by atoms with E-state index in [-0.39, 0.29) is 22.2 Å². The summed E-state index contributed by atoms with van der Waals surface area (Å²) in [6, 6.07) is 10.9. The van der Waals surface area contributed by atoms with E-state index in [1.807, 2.05) is 12.1 Å². The fraction of sp³-hybridized carbons (Fsp3) is 0.250. The lowest BCUT2D eigenvalue weighted by molar-refractivity contribution is 0.0957. The van der Waals surface area contributed by atoms with Crippen molar-refractivity contribution in [2.24, 2.45) is 0 Å². The SMILES string of the molecule is CCCCCc1ccc(-c2cc(F)c(C(F)(F)Sc3ccc(F)c(F)c3)c(F)c2)cc1. The molecule has 0 heterocycles. The van der Waals surface area contributed by atoms with E-state index < -0.39 is 34.1 Å². The van der Waals surface area contributed by atoms with Crippen molar-refractivity contribution in [2.45, 2.75) is 42.8 Å². The van der Waals surface area contributed by atoms with Gasteiger partial charge in [0.2, 0.25) is 0 Å². The summed E-state index contributed by atoms with van der Waals surface area (Å²) in [4.78, 5) is -0.356. The molecule has 0 aliphatic heterocycles. The van der Waals surface area contributed by atoms with Crippen LogP contribution in [0.5, 0.6) is 0 Å². The van der Waals surface area contributed by atoms with Gasteiger partial charge in [-0.25, -0.2) is 17.6 Å². The minimum absolute atomic E-state index is 0.132. The van der Waals surface area contributed by atoms with Gasteiger partial charge in [-0.15, -0.1) is 0 Å². The predicted octanol–water partition coefficient (Wildman–Crippen LogP) is 8.48. The van der Waals surface area contributed by atoms with Crippen molar-refractivity contribution < 1.29 is 26.3 Å². The zero-order chi connectivity index (χ0) is 22.6. The number of benzene rings is 3. The summed E-state index contributed by atoms with van der Waals surface area (Å²) >= 11 is -0.257. The molecule has 3 aromatic carbocycles. The molecule has 0 aliphatic rings. The number of hydrogen-bond donors (Lipinski definition) is 0. The molecule has 0 N–H and O–H groups in total. The molecule has 31 heavy (non-hydrogen) atoms. The Morgan fingerprint density at radius 2 is 1.35 bits per heavy atom. The Balaban J connectivity index is 1.84. The zero-order valence-electron chi connectivity index (χ0n) is 16.7. The summed E-state index contributed by atoms with van der Waals surface area (Å²) in [7, 11) is 0. The van der Waals surface area contributed by atoms with Crippen molar-refractivity contribution in [1.82, 2.24) is 0 Å². The van der Waals surface area contributed by atoms with Crippen molar-refractivity contribution in [1.29, 1.82) is 0 Å². The Labute approximate surface area is 181 Å². The first-order valence-electron chi connectivity index (χ1n) is 9.82. The highest BCUT2D eigenvalue weighted by Gasteiger charge is 2.39. The predicted molar refractivity (Wildman–Crippen MR) is 111 cm³/mol. The van der Waals surface area contributed by atoms with Crippen molar-refractivity contribution >= 4 is 11.8 Å². The Kier molecular flexibility index (Phi) is 7.36. The van der Waals surface area contributed by atoms with E-state index in [1.54, 1.807) is 12.1 Å². The van der Waals surface area contributed by atoms with Crippen LogP contribution in [0.25, 0.3) is 11.1 Å². The van der Waals surface area contributed by atoms with Crippen LogP contribution < -0.4 is 0 Å². The van der Waals surface area contributed by atoms with E-state index in [1.165, 1.54) is 0 Å². The zero-order valence-corrected chi connectivity index (χ0v) is 17.5. The third-order valence-corrected chi connectivity index (χ3v) is 5.78. The van der Waals surface area contributed by atoms with Gasteiger partial charge in [-0.3, -0.25) is 0 Å². The number of rotatable bonds is 8. The summed E-state index contributed by atoms with van der Waals surface area (Å²) in [5.74, 6) is -5.36. The van der Waals surface area contributed by atoms with Gasteiger partial charge in [0.15, 0.2) is 11.6 Å². The molecule has 164 valence electrons. The van der Waals surface area contributed by atoms with Crippen LogP contribution in [-0.4, -0.2) is 0 Å². The molecule has 0 bridgehead atoms. The molecule has 0 nitrogen and oxygen atoms in total. The molecule has 0 aliphatic carbocycles. The number of aryl methyl sites for hydroxylation is 1. The molecule has 0 atom stereocenters. The molecule has 3 rings (SSSR count). The quantitative estimate of drug-likeness (QED) is 0.187. The topological polar surface area (TPSA) is 0 Å². The standard InChI is InChI=1S/C24H20F6S/c1-2-3-4-5-15-6-8-16(9-7-15)17-12-21(27)23(22(28)13-17)24(29,30)31-18-10-11-19(25)20(26)14-18/h6-14H,2-5H2,1H3. The lowest BCUT2D eigenvalue weighted by Crippen LogP contribution is -2.14. The molecule has 7 heteroatoms. The first-order chi connectivity index (χ1) is 14.7. The average Bonchev–Trinajstić information content (AvgIpc) is 2.70. The molecular formula is C24H20F6S. The number of unbranched alkanes of at least 4 members (excludes halogenated alkanes) is 2. The summed E-state index contributed by atoms with van der Waals surface area (Å²) < 4.78 is 84.6. The normalized spacial score (nSPS) is 11.7. The van der Waals surface area contributed by atoms with Crippen LogP contribution in [0.1, 0.15) is 37.3 Å². The van der Waals surface area contributed by atoms with Gasteiger partial charge in [0.05, 0.1) is 0 Å². The Bertz CT molecular complexity index is 1020. The van der Waals surface area contributed by atoms with Gasteiger partial charge < -0.3 is 0 Å². The molecule has 0 aromatic heterocycles. The molecule has 0 unspecified atom stereocenters.